The summed E-state index contributed by atoms with van der Waals surface area (Å²) in [4.78, 5) is 2.42. The third kappa shape index (κ3) is 4.72. The molecule has 1 N–H and O–H groups in total. The fourth-order valence-electron chi connectivity index (χ4n) is 1.57. The van der Waals surface area contributed by atoms with E-state index in [1.54, 1.807) is 11.8 Å². The van der Waals surface area contributed by atoms with Gasteiger partial charge in [0.2, 0.25) is 0 Å². The molecule has 0 aliphatic carbocycles. The summed E-state index contributed by atoms with van der Waals surface area (Å²) >= 11 is 1.80. The number of ether oxygens (including phenoxy) is 1. The first kappa shape index (κ1) is 13.3. The zero-order chi connectivity index (χ0) is 11.3. The minimum atomic E-state index is -0.235. The Morgan fingerprint density at radius 3 is 2.87 bits per heavy atom. The summed E-state index contributed by atoms with van der Waals surface area (Å²) in [5, 5.41) is 9.67. The van der Waals surface area contributed by atoms with Crippen LogP contribution in [0, 0.1) is 0 Å². The second-order valence-corrected chi connectivity index (χ2v) is 5.58. The molecule has 1 aliphatic rings. The lowest BCUT2D eigenvalue weighted by atomic mass is 10.3. The first-order valence-corrected chi connectivity index (χ1v) is 6.82. The van der Waals surface area contributed by atoms with Gasteiger partial charge in [-0.25, -0.2) is 0 Å². The van der Waals surface area contributed by atoms with E-state index >= 15 is 0 Å². The molecule has 4 heteroatoms. The molecule has 1 saturated heterocycles. The summed E-state index contributed by atoms with van der Waals surface area (Å²) in [5.41, 5.74) is 0. The number of likely N-dealkylation sites (N-methyl/N-ethyl adjacent to an activating group) is 1. The molecule has 3 nitrogen and oxygen atoms in total. The predicted molar refractivity (Wildman–Crippen MR) is 65.5 cm³/mol. The van der Waals surface area contributed by atoms with Crippen LogP contribution >= 0.6 is 11.8 Å². The van der Waals surface area contributed by atoms with E-state index in [0.29, 0.717) is 11.4 Å². The van der Waals surface area contributed by atoms with E-state index in [4.69, 9.17) is 4.74 Å². The SMILES string of the molecule is CCN1CCOC(CSC(C)C(C)O)C1. The number of hydrogen-bond donors (Lipinski definition) is 1. The number of rotatable bonds is 5. The van der Waals surface area contributed by atoms with Crippen LogP contribution in [0.4, 0.5) is 0 Å². The van der Waals surface area contributed by atoms with Gasteiger partial charge in [0.1, 0.15) is 0 Å². The average Bonchev–Trinajstić information content (AvgIpc) is 2.26. The normalized spacial score (nSPS) is 27.6. The van der Waals surface area contributed by atoms with Crippen LogP contribution in [0.25, 0.3) is 0 Å². The van der Waals surface area contributed by atoms with Crippen LogP contribution in [0.5, 0.6) is 0 Å². The molecular formula is C11H23NO2S. The fourth-order valence-corrected chi connectivity index (χ4v) is 2.57. The maximum Gasteiger partial charge on any atom is 0.0792 e. The third-order valence-corrected chi connectivity index (χ3v) is 4.38. The summed E-state index contributed by atoms with van der Waals surface area (Å²) in [5.74, 6) is 0.989. The number of aliphatic hydroxyl groups is 1. The topological polar surface area (TPSA) is 32.7 Å². The van der Waals surface area contributed by atoms with Gasteiger partial charge in [-0.2, -0.15) is 11.8 Å². The molecule has 1 aliphatic heterocycles. The van der Waals surface area contributed by atoms with E-state index in [1.165, 1.54) is 0 Å². The minimum Gasteiger partial charge on any atom is -0.392 e. The Balaban J connectivity index is 2.20. The molecule has 0 saturated carbocycles. The van der Waals surface area contributed by atoms with Gasteiger partial charge >= 0.3 is 0 Å². The number of nitrogens with zero attached hydrogens (tertiary/aromatic N) is 1. The second kappa shape index (κ2) is 6.74. The Labute approximate surface area is 97.2 Å². The zero-order valence-corrected chi connectivity index (χ0v) is 10.8. The van der Waals surface area contributed by atoms with Gasteiger partial charge in [0.05, 0.1) is 18.8 Å². The van der Waals surface area contributed by atoms with Crippen LogP contribution in [0.15, 0.2) is 0 Å². The summed E-state index contributed by atoms with van der Waals surface area (Å²) in [6, 6.07) is 0. The van der Waals surface area contributed by atoms with Crippen LogP contribution in [-0.4, -0.2) is 59.5 Å². The summed E-state index contributed by atoms with van der Waals surface area (Å²) in [6.07, 6.45) is 0.103. The molecule has 1 rings (SSSR count). The van der Waals surface area contributed by atoms with Crippen LogP contribution in [0.3, 0.4) is 0 Å². The molecular weight excluding hydrogens is 210 g/mol. The van der Waals surface area contributed by atoms with E-state index in [-0.39, 0.29) is 6.10 Å². The highest BCUT2D eigenvalue weighted by Crippen LogP contribution is 2.18. The van der Waals surface area contributed by atoms with Crippen molar-refractivity contribution in [2.24, 2.45) is 0 Å². The Morgan fingerprint density at radius 1 is 1.53 bits per heavy atom. The third-order valence-electron chi connectivity index (χ3n) is 2.89. The number of hydrogen-bond acceptors (Lipinski definition) is 4. The monoisotopic (exact) mass is 233 g/mol. The molecule has 0 bridgehead atoms. The highest BCUT2D eigenvalue weighted by atomic mass is 32.2. The van der Waals surface area contributed by atoms with Crippen LogP contribution in [0.1, 0.15) is 20.8 Å². The minimum absolute atomic E-state index is 0.235. The first-order chi connectivity index (χ1) is 7.13. The van der Waals surface area contributed by atoms with Crippen LogP contribution in [0.2, 0.25) is 0 Å². The highest BCUT2D eigenvalue weighted by Gasteiger charge is 2.20. The van der Waals surface area contributed by atoms with Gasteiger partial charge < -0.3 is 9.84 Å². The van der Waals surface area contributed by atoms with Gasteiger partial charge in [0.25, 0.3) is 0 Å². The van der Waals surface area contributed by atoms with Crippen molar-refractivity contribution >= 4 is 11.8 Å². The maximum atomic E-state index is 9.38. The van der Waals surface area contributed by atoms with Crippen molar-refractivity contribution in [3.8, 4) is 0 Å². The quantitative estimate of drug-likeness (QED) is 0.774. The summed E-state index contributed by atoms with van der Waals surface area (Å²) in [6.45, 7) is 10.2. The van der Waals surface area contributed by atoms with E-state index < -0.39 is 0 Å². The van der Waals surface area contributed by atoms with Crippen molar-refractivity contribution in [3.05, 3.63) is 0 Å². The van der Waals surface area contributed by atoms with Crippen molar-refractivity contribution in [1.82, 2.24) is 4.90 Å². The Hall–Kier alpha value is 0.230. The van der Waals surface area contributed by atoms with Crippen molar-refractivity contribution in [2.75, 3.05) is 32.0 Å². The lowest BCUT2D eigenvalue weighted by molar-refractivity contribution is -0.0138. The van der Waals surface area contributed by atoms with E-state index in [9.17, 15) is 5.11 Å². The van der Waals surface area contributed by atoms with Gasteiger partial charge in [-0.05, 0) is 13.5 Å². The van der Waals surface area contributed by atoms with Crippen LogP contribution in [-0.2, 0) is 4.74 Å². The van der Waals surface area contributed by atoms with Crippen molar-refractivity contribution in [2.45, 2.75) is 38.2 Å². The maximum absolute atomic E-state index is 9.38. The molecule has 1 heterocycles. The van der Waals surface area contributed by atoms with E-state index in [2.05, 4.69) is 18.7 Å². The number of aliphatic hydroxyl groups excluding tert-OH is 1. The predicted octanol–water partition coefficient (Wildman–Crippen LogP) is 1.21. The van der Waals surface area contributed by atoms with Gasteiger partial charge in [-0.3, -0.25) is 4.90 Å². The van der Waals surface area contributed by atoms with Crippen molar-refractivity contribution < 1.29 is 9.84 Å². The smallest absolute Gasteiger partial charge is 0.0792 e. The molecule has 3 unspecified atom stereocenters. The summed E-state index contributed by atoms with van der Waals surface area (Å²) in [7, 11) is 0. The van der Waals surface area contributed by atoms with Gasteiger partial charge in [0.15, 0.2) is 0 Å². The molecule has 0 amide bonds. The van der Waals surface area contributed by atoms with Gasteiger partial charge in [0, 0.05) is 24.1 Å². The lowest BCUT2D eigenvalue weighted by Gasteiger charge is -2.32. The molecule has 3 atom stereocenters. The standard InChI is InChI=1S/C11H23NO2S/c1-4-12-5-6-14-11(7-12)8-15-10(3)9(2)13/h9-11,13H,4-8H2,1-3H3. The fraction of sp³-hybridized carbons (Fsp3) is 1.00. The van der Waals surface area contributed by atoms with Crippen LogP contribution < -0.4 is 0 Å². The van der Waals surface area contributed by atoms with Gasteiger partial charge in [-0.1, -0.05) is 13.8 Å². The average molecular weight is 233 g/mol. The molecule has 0 radical (unpaired) electrons. The Morgan fingerprint density at radius 2 is 2.27 bits per heavy atom. The zero-order valence-electron chi connectivity index (χ0n) is 9.98. The Bertz CT molecular complexity index is 178. The van der Waals surface area contributed by atoms with Gasteiger partial charge in [-0.15, -0.1) is 0 Å². The first-order valence-electron chi connectivity index (χ1n) is 5.77. The van der Waals surface area contributed by atoms with Crippen molar-refractivity contribution in [3.63, 3.8) is 0 Å². The van der Waals surface area contributed by atoms with E-state index in [0.717, 1.165) is 32.0 Å². The second-order valence-electron chi connectivity index (χ2n) is 4.17. The Kier molecular flexibility index (Phi) is 5.97. The molecule has 1 fully saturated rings. The molecule has 0 aromatic heterocycles. The largest absolute Gasteiger partial charge is 0.392 e. The lowest BCUT2D eigenvalue weighted by Crippen LogP contribution is -2.43. The van der Waals surface area contributed by atoms with E-state index in [1.807, 2.05) is 6.92 Å². The number of thioether (sulfide) groups is 1. The van der Waals surface area contributed by atoms with Crippen molar-refractivity contribution in [1.29, 1.82) is 0 Å². The molecule has 0 aromatic carbocycles. The highest BCUT2D eigenvalue weighted by molar-refractivity contribution is 7.99. The molecule has 90 valence electrons. The molecule has 0 aromatic rings. The molecule has 15 heavy (non-hydrogen) atoms. The number of morpholine rings is 1. The molecule has 0 spiro atoms. The summed E-state index contributed by atoms with van der Waals surface area (Å²) < 4.78 is 5.70.